The number of aromatic nitrogens is 1. The maximum Gasteiger partial charge on any atom is 0.272 e. The first-order valence-corrected chi connectivity index (χ1v) is 2.02. The van der Waals surface area contributed by atoms with Crippen molar-refractivity contribution in [1.29, 1.82) is 0 Å². The second kappa shape index (κ2) is 1.26. The van der Waals surface area contributed by atoms with Gasteiger partial charge in [-0.2, -0.15) is 0 Å². The van der Waals surface area contributed by atoms with Crippen LogP contribution in [0.5, 0.6) is 0 Å². The minimum atomic E-state index is 0.428. The highest BCUT2D eigenvalue weighted by atomic mass is 16.5. The molecule has 1 aromatic heterocycles. The first-order chi connectivity index (χ1) is 3.29. The zero-order valence-electron chi connectivity index (χ0n) is 4.06. The van der Waals surface area contributed by atoms with Gasteiger partial charge in [-0.1, -0.05) is 0 Å². The van der Waals surface area contributed by atoms with Crippen molar-refractivity contribution in [3.05, 3.63) is 11.8 Å². The van der Waals surface area contributed by atoms with E-state index in [4.69, 9.17) is 5.73 Å². The van der Waals surface area contributed by atoms with Crippen LogP contribution >= 0.6 is 0 Å². The standard InChI is InChI=1S/C4H6N2O/c1-3-2-4(5)7-6-3/h2H,5H2,1H3/p+1. The van der Waals surface area contributed by atoms with Crippen molar-refractivity contribution in [2.24, 2.45) is 0 Å². The van der Waals surface area contributed by atoms with Crippen LogP contribution in [0.1, 0.15) is 5.69 Å². The van der Waals surface area contributed by atoms with Gasteiger partial charge in [-0.15, -0.1) is 0 Å². The Kier molecular flexibility index (Phi) is 0.749. The van der Waals surface area contributed by atoms with Gasteiger partial charge in [-0.25, -0.2) is 4.52 Å². The van der Waals surface area contributed by atoms with Gasteiger partial charge >= 0.3 is 0 Å². The van der Waals surface area contributed by atoms with Crippen molar-refractivity contribution in [3.8, 4) is 0 Å². The summed E-state index contributed by atoms with van der Waals surface area (Å²) in [5.74, 6) is 0.428. The molecule has 0 unspecified atom stereocenters. The fraction of sp³-hybridized carbons (Fsp3) is 0.250. The second-order valence-electron chi connectivity index (χ2n) is 1.43. The summed E-state index contributed by atoms with van der Waals surface area (Å²) in [5, 5.41) is 2.57. The fourth-order valence-electron chi connectivity index (χ4n) is 0.412. The fourth-order valence-corrected chi connectivity index (χ4v) is 0.412. The Bertz CT molecular complexity index is 142. The number of hydrogen-bond acceptors (Lipinski definition) is 2. The van der Waals surface area contributed by atoms with Crippen LogP contribution in [0.15, 0.2) is 10.6 Å². The van der Waals surface area contributed by atoms with E-state index in [0.717, 1.165) is 5.69 Å². The third-order valence-corrected chi connectivity index (χ3v) is 0.689. The average Bonchev–Trinajstić information content (AvgIpc) is 1.87. The molecule has 0 aliphatic rings. The minimum absolute atomic E-state index is 0.428. The molecule has 0 fully saturated rings. The van der Waals surface area contributed by atoms with Crippen LogP contribution in [0.25, 0.3) is 0 Å². The van der Waals surface area contributed by atoms with E-state index >= 15 is 0 Å². The van der Waals surface area contributed by atoms with Crippen LogP contribution in [0.4, 0.5) is 5.88 Å². The summed E-state index contributed by atoms with van der Waals surface area (Å²) < 4.78 is 4.62. The zero-order valence-corrected chi connectivity index (χ0v) is 4.06. The van der Waals surface area contributed by atoms with Crippen molar-refractivity contribution in [2.45, 2.75) is 6.92 Å². The lowest BCUT2D eigenvalue weighted by Crippen LogP contribution is -1.97. The predicted molar refractivity (Wildman–Crippen MR) is 24.4 cm³/mol. The number of H-pyrrole nitrogens is 1. The summed E-state index contributed by atoms with van der Waals surface area (Å²) in [5.41, 5.74) is 6.12. The molecule has 1 heterocycles. The molecule has 0 radical (unpaired) electrons. The van der Waals surface area contributed by atoms with E-state index in [2.05, 4.69) is 9.68 Å². The topological polar surface area (TPSA) is 53.3 Å². The van der Waals surface area contributed by atoms with Gasteiger partial charge in [0.2, 0.25) is 5.69 Å². The van der Waals surface area contributed by atoms with Crippen LogP contribution < -0.4 is 10.9 Å². The van der Waals surface area contributed by atoms with E-state index in [9.17, 15) is 0 Å². The summed E-state index contributed by atoms with van der Waals surface area (Å²) in [6.45, 7) is 1.87. The number of aryl methyl sites for hydroxylation is 1. The molecule has 0 bridgehead atoms. The first kappa shape index (κ1) is 4.18. The molecule has 0 spiro atoms. The number of nitrogens with one attached hydrogen (secondary N) is 1. The van der Waals surface area contributed by atoms with Gasteiger partial charge in [-0.05, 0) is 5.16 Å². The molecular formula is C4H7N2O+. The molecule has 1 aromatic rings. The smallest absolute Gasteiger partial charge is 0.272 e. The largest absolute Gasteiger partial charge is 0.364 e. The summed E-state index contributed by atoms with van der Waals surface area (Å²) >= 11 is 0. The number of nitrogens with two attached hydrogens (primary N) is 1. The molecule has 0 saturated carbocycles. The number of nitrogen functional groups attached to an aromatic ring is 1. The van der Waals surface area contributed by atoms with Crippen molar-refractivity contribution in [1.82, 2.24) is 0 Å². The molecule has 0 atom stereocenters. The molecule has 0 saturated heterocycles. The summed E-state index contributed by atoms with van der Waals surface area (Å²) in [7, 11) is 0. The van der Waals surface area contributed by atoms with Gasteiger partial charge < -0.3 is 5.73 Å². The lowest BCUT2D eigenvalue weighted by Gasteiger charge is -1.61. The van der Waals surface area contributed by atoms with Crippen LogP contribution in [-0.4, -0.2) is 0 Å². The number of rotatable bonds is 0. The highest BCUT2D eigenvalue weighted by Gasteiger charge is 1.96. The van der Waals surface area contributed by atoms with Crippen molar-refractivity contribution >= 4 is 5.88 Å². The minimum Gasteiger partial charge on any atom is -0.364 e. The number of hydrogen-bond donors (Lipinski definition) is 1. The van der Waals surface area contributed by atoms with Crippen molar-refractivity contribution in [2.75, 3.05) is 5.73 Å². The Labute approximate surface area is 41.1 Å². The van der Waals surface area contributed by atoms with Gasteiger partial charge in [0.1, 0.15) is 0 Å². The highest BCUT2D eigenvalue weighted by Crippen LogP contribution is 1.95. The quantitative estimate of drug-likeness (QED) is 0.497. The van der Waals surface area contributed by atoms with Gasteiger partial charge in [-0.3, -0.25) is 0 Å². The third-order valence-electron chi connectivity index (χ3n) is 0.689. The Morgan fingerprint density at radius 1 is 1.86 bits per heavy atom. The molecule has 7 heavy (non-hydrogen) atoms. The molecule has 0 aliphatic carbocycles. The molecule has 0 amide bonds. The summed E-state index contributed by atoms with van der Waals surface area (Å²) in [6.07, 6.45) is 0. The van der Waals surface area contributed by atoms with Crippen molar-refractivity contribution < 1.29 is 9.68 Å². The maximum absolute atomic E-state index is 5.18. The lowest BCUT2D eigenvalue weighted by atomic mass is 10.5. The monoisotopic (exact) mass is 99.1 g/mol. The SMILES string of the molecule is Cc1cc(N)o[nH+]1. The lowest BCUT2D eigenvalue weighted by molar-refractivity contribution is -0.611. The molecule has 1 rings (SSSR count). The molecule has 0 aromatic carbocycles. The molecule has 3 N–H and O–H groups in total. The first-order valence-electron chi connectivity index (χ1n) is 2.02. The third kappa shape index (κ3) is 0.707. The molecular weight excluding hydrogens is 92.1 g/mol. The number of anilines is 1. The van der Waals surface area contributed by atoms with E-state index in [1.807, 2.05) is 6.92 Å². The van der Waals surface area contributed by atoms with E-state index in [-0.39, 0.29) is 0 Å². The molecule has 3 heteroatoms. The molecule has 38 valence electrons. The van der Waals surface area contributed by atoms with E-state index in [1.54, 1.807) is 6.07 Å². The molecule has 3 nitrogen and oxygen atoms in total. The summed E-state index contributed by atoms with van der Waals surface area (Å²) in [4.78, 5) is 0. The Morgan fingerprint density at radius 3 is 2.71 bits per heavy atom. The Balaban J connectivity index is 3.04. The van der Waals surface area contributed by atoms with E-state index in [1.165, 1.54) is 0 Å². The Hall–Kier alpha value is -0.990. The van der Waals surface area contributed by atoms with E-state index in [0.29, 0.717) is 5.88 Å². The summed E-state index contributed by atoms with van der Waals surface area (Å²) in [6, 6.07) is 1.72. The van der Waals surface area contributed by atoms with Crippen LogP contribution in [0, 0.1) is 6.92 Å². The van der Waals surface area contributed by atoms with Gasteiger partial charge in [0.05, 0.1) is 6.07 Å². The van der Waals surface area contributed by atoms with Gasteiger partial charge in [0, 0.05) is 6.92 Å². The van der Waals surface area contributed by atoms with Crippen LogP contribution in [0.3, 0.4) is 0 Å². The second-order valence-corrected chi connectivity index (χ2v) is 1.43. The normalized spacial score (nSPS) is 9.29. The maximum atomic E-state index is 5.18. The van der Waals surface area contributed by atoms with Gasteiger partial charge in [0.15, 0.2) is 0 Å². The van der Waals surface area contributed by atoms with Crippen LogP contribution in [-0.2, 0) is 0 Å². The van der Waals surface area contributed by atoms with Gasteiger partial charge in [0.25, 0.3) is 5.88 Å². The zero-order chi connectivity index (χ0) is 5.28. The number of aromatic amines is 1. The van der Waals surface area contributed by atoms with Crippen LogP contribution in [0.2, 0.25) is 0 Å². The molecule has 0 aliphatic heterocycles. The predicted octanol–water partition coefficient (Wildman–Crippen LogP) is -0.0157. The Morgan fingerprint density at radius 2 is 2.57 bits per heavy atom. The van der Waals surface area contributed by atoms with Crippen molar-refractivity contribution in [3.63, 3.8) is 0 Å². The average molecular weight is 99.1 g/mol. The van der Waals surface area contributed by atoms with E-state index < -0.39 is 0 Å². The highest BCUT2D eigenvalue weighted by molar-refractivity contribution is 5.20.